The Labute approximate surface area is 231 Å². The van der Waals surface area contributed by atoms with Gasteiger partial charge in [0.2, 0.25) is 12.3 Å². The minimum atomic E-state index is -5.55. The molecular formula is C22H35Cl2N3O9P2. The van der Waals surface area contributed by atoms with Crippen molar-refractivity contribution in [2.24, 2.45) is 5.92 Å². The Kier molecular flexibility index (Phi) is 12.5. The number of hydrogen-bond acceptors (Lipinski definition) is 6. The van der Waals surface area contributed by atoms with Crippen molar-refractivity contribution in [3.05, 3.63) is 29.8 Å². The molecule has 0 spiro atoms. The highest BCUT2D eigenvalue weighted by Gasteiger charge is 2.59. The fourth-order valence-corrected chi connectivity index (χ4v) is 7.26. The van der Waals surface area contributed by atoms with Gasteiger partial charge in [-0.25, -0.2) is 0 Å². The van der Waals surface area contributed by atoms with Crippen LogP contribution in [0.5, 0.6) is 0 Å². The number of hydrogen-bond donors (Lipinski definition) is 7. The number of carbonyl (C=O) groups excluding carboxylic acids is 2. The zero-order valence-corrected chi connectivity index (χ0v) is 24.0. The highest BCUT2D eigenvalue weighted by atomic mass is 35.5. The highest BCUT2D eigenvalue weighted by molar-refractivity contribution is 7.72. The van der Waals surface area contributed by atoms with Crippen LogP contribution in [0.15, 0.2) is 24.3 Å². The van der Waals surface area contributed by atoms with Crippen molar-refractivity contribution < 1.29 is 43.4 Å². The van der Waals surface area contributed by atoms with Crippen LogP contribution in [-0.4, -0.2) is 79.0 Å². The molecule has 2 amide bonds. The Bertz CT molecular complexity index is 994. The van der Waals surface area contributed by atoms with Crippen LogP contribution in [0, 0.1) is 5.92 Å². The van der Waals surface area contributed by atoms with Crippen molar-refractivity contribution in [2.75, 3.05) is 29.7 Å². The summed E-state index contributed by atoms with van der Waals surface area (Å²) in [5, 5.41) is 12.0. The van der Waals surface area contributed by atoms with Gasteiger partial charge in [0.15, 0.2) is 0 Å². The highest BCUT2D eigenvalue weighted by Crippen LogP contribution is 2.69. The molecule has 7 N–H and O–H groups in total. The number of amides is 2. The minimum Gasteiger partial charge on any atom is -0.369 e. The van der Waals surface area contributed by atoms with E-state index in [0.717, 1.165) is 11.3 Å². The van der Waals surface area contributed by atoms with Gasteiger partial charge in [-0.05, 0) is 42.9 Å². The van der Waals surface area contributed by atoms with Crippen LogP contribution < -0.4 is 15.5 Å². The lowest BCUT2D eigenvalue weighted by Gasteiger charge is -2.31. The molecule has 3 atom stereocenters. The molecule has 1 saturated carbocycles. The molecular weight excluding hydrogens is 583 g/mol. The van der Waals surface area contributed by atoms with Crippen LogP contribution >= 0.6 is 38.4 Å². The van der Waals surface area contributed by atoms with E-state index >= 15 is 0 Å². The first-order chi connectivity index (χ1) is 17.8. The molecule has 16 heteroatoms. The number of nitrogens with zero attached hydrogens (tertiary/aromatic N) is 1. The predicted molar refractivity (Wildman–Crippen MR) is 144 cm³/mol. The molecule has 12 nitrogen and oxygen atoms in total. The summed E-state index contributed by atoms with van der Waals surface area (Å²) in [5.74, 6) is 0.0211. The largest absolute Gasteiger partial charge is 0.369 e. The number of benzene rings is 1. The van der Waals surface area contributed by atoms with E-state index in [1.165, 1.54) is 0 Å². The predicted octanol–water partition coefficient (Wildman–Crippen LogP) is 1.69. The zero-order chi connectivity index (χ0) is 28.6. The first-order valence-corrected chi connectivity index (χ1v) is 16.4. The molecule has 0 bridgehead atoms. The summed E-state index contributed by atoms with van der Waals surface area (Å²) in [5.41, 5.74) is 1.70. The Morgan fingerprint density at radius 1 is 1.08 bits per heavy atom. The molecule has 1 aliphatic carbocycles. The van der Waals surface area contributed by atoms with Crippen molar-refractivity contribution >= 4 is 56.4 Å². The van der Waals surface area contributed by atoms with E-state index < -0.39 is 44.7 Å². The quantitative estimate of drug-likeness (QED) is 0.0814. The van der Waals surface area contributed by atoms with Gasteiger partial charge in [0.05, 0.1) is 0 Å². The molecule has 1 fully saturated rings. The summed E-state index contributed by atoms with van der Waals surface area (Å²) < 4.78 is 23.3. The number of aliphatic hydroxyl groups is 1. The molecule has 2 unspecified atom stereocenters. The lowest BCUT2D eigenvalue weighted by Crippen LogP contribution is -2.49. The molecule has 0 aliphatic heterocycles. The van der Waals surface area contributed by atoms with Crippen molar-refractivity contribution in [3.8, 4) is 0 Å². The first kappa shape index (κ1) is 33.0. The Balaban J connectivity index is 2.06. The van der Waals surface area contributed by atoms with E-state index in [9.17, 15) is 43.4 Å². The number of rotatable bonds is 16. The summed E-state index contributed by atoms with van der Waals surface area (Å²) in [6.45, 7) is 1.24. The lowest BCUT2D eigenvalue weighted by atomic mass is 9.96. The van der Waals surface area contributed by atoms with Gasteiger partial charge in [0, 0.05) is 49.4 Å². The van der Waals surface area contributed by atoms with Gasteiger partial charge in [0.25, 0.3) is 5.08 Å². The maximum absolute atomic E-state index is 13.0. The standard InChI is InChI=1S/C22H35Cl2N3O9P2/c23-10-12-27(13-11-24)18-6-4-16(5-7-18)14-20(25-15-28)21(29)26-19-3-1-2-17(19)8-9-22(30,37(31,32)33)38(34,35)36/h4-7,15,17,19-20,30H,1-3,8-14H2,(H,25,28)(H,26,29)(H2,31,32,33)(H2,34,35,36)/t17?,19?,20-/m0/s1. The van der Waals surface area contributed by atoms with E-state index in [2.05, 4.69) is 10.6 Å². The van der Waals surface area contributed by atoms with Crippen molar-refractivity contribution in [1.82, 2.24) is 10.6 Å². The number of nitrogens with one attached hydrogen (secondary N) is 2. The normalized spacial score (nSPS) is 19.1. The number of carbonyl (C=O) groups is 2. The summed E-state index contributed by atoms with van der Waals surface area (Å²) >= 11 is 11.7. The van der Waals surface area contributed by atoms with Crippen molar-refractivity contribution in [1.29, 1.82) is 0 Å². The summed E-state index contributed by atoms with van der Waals surface area (Å²) in [4.78, 5) is 63.8. The molecule has 1 aliphatic rings. The molecule has 0 aromatic heterocycles. The van der Waals surface area contributed by atoms with Gasteiger partial charge in [-0.3, -0.25) is 18.7 Å². The van der Waals surface area contributed by atoms with Gasteiger partial charge < -0.3 is 40.2 Å². The fraction of sp³-hybridized carbons (Fsp3) is 0.636. The maximum atomic E-state index is 13.0. The Hall–Kier alpha value is -1.20. The zero-order valence-electron chi connectivity index (χ0n) is 20.7. The van der Waals surface area contributed by atoms with Gasteiger partial charge in [-0.1, -0.05) is 18.6 Å². The van der Waals surface area contributed by atoms with E-state index in [0.29, 0.717) is 50.5 Å². The molecule has 1 aromatic rings. The third kappa shape index (κ3) is 8.65. The second-order valence-corrected chi connectivity index (χ2v) is 14.0. The molecule has 1 aromatic carbocycles. The van der Waals surface area contributed by atoms with Gasteiger partial charge >= 0.3 is 15.2 Å². The van der Waals surface area contributed by atoms with Gasteiger partial charge in [0.1, 0.15) is 6.04 Å². The fourth-order valence-electron chi connectivity index (χ4n) is 4.66. The van der Waals surface area contributed by atoms with Gasteiger partial charge in [-0.15, -0.1) is 23.2 Å². The van der Waals surface area contributed by atoms with Crippen LogP contribution in [0.2, 0.25) is 0 Å². The van der Waals surface area contributed by atoms with Gasteiger partial charge in [-0.2, -0.15) is 0 Å². The van der Waals surface area contributed by atoms with Crippen LogP contribution in [0.4, 0.5) is 5.69 Å². The molecule has 38 heavy (non-hydrogen) atoms. The lowest BCUT2D eigenvalue weighted by molar-refractivity contribution is -0.126. The molecule has 0 radical (unpaired) electrons. The van der Waals surface area contributed by atoms with E-state index in [1.807, 2.05) is 29.2 Å². The van der Waals surface area contributed by atoms with Crippen molar-refractivity contribution in [2.45, 2.75) is 55.7 Å². The van der Waals surface area contributed by atoms with Crippen LogP contribution in [-0.2, 0) is 25.1 Å². The third-order valence-corrected chi connectivity index (χ3v) is 11.0. The van der Waals surface area contributed by atoms with Crippen molar-refractivity contribution in [3.63, 3.8) is 0 Å². The van der Waals surface area contributed by atoms with E-state index in [4.69, 9.17) is 23.2 Å². The third-order valence-electron chi connectivity index (χ3n) is 6.81. The smallest absolute Gasteiger partial charge is 0.369 e. The number of halogens is 2. The summed E-state index contributed by atoms with van der Waals surface area (Å²) in [6, 6.07) is 6.06. The Morgan fingerprint density at radius 2 is 1.66 bits per heavy atom. The average molecular weight is 618 g/mol. The monoisotopic (exact) mass is 617 g/mol. The molecule has 0 heterocycles. The first-order valence-electron chi connectivity index (χ1n) is 12.1. The second-order valence-electron chi connectivity index (χ2n) is 9.28. The van der Waals surface area contributed by atoms with Crippen LogP contribution in [0.25, 0.3) is 0 Å². The SMILES string of the molecule is O=CN[C@@H](Cc1ccc(N(CCCl)CCCl)cc1)C(=O)NC1CCCC1CCC(O)(P(=O)(O)O)P(=O)(O)O. The minimum absolute atomic E-state index is 0.133. The van der Waals surface area contributed by atoms with E-state index in [1.54, 1.807) is 0 Å². The van der Waals surface area contributed by atoms with Crippen LogP contribution in [0.3, 0.4) is 0 Å². The molecule has 0 saturated heterocycles. The van der Waals surface area contributed by atoms with E-state index in [-0.39, 0.29) is 18.8 Å². The molecule has 216 valence electrons. The topological polar surface area (TPSA) is 197 Å². The average Bonchev–Trinajstić information content (AvgIpc) is 3.28. The number of alkyl halides is 2. The molecule has 2 rings (SSSR count). The summed E-state index contributed by atoms with van der Waals surface area (Å²) in [7, 11) is -11.1. The number of anilines is 1. The Morgan fingerprint density at radius 3 is 2.16 bits per heavy atom. The summed E-state index contributed by atoms with van der Waals surface area (Å²) in [6.07, 6.45) is 1.36. The maximum Gasteiger partial charge on any atom is 0.369 e. The second kappa shape index (κ2) is 14.4. The van der Waals surface area contributed by atoms with Crippen LogP contribution in [0.1, 0.15) is 37.7 Å².